The van der Waals surface area contributed by atoms with Gasteiger partial charge in [0.05, 0.1) is 6.08 Å². The molecule has 1 aliphatic carbocycles. The number of esters is 1. The van der Waals surface area contributed by atoms with Crippen molar-refractivity contribution in [2.75, 3.05) is 6.61 Å². The standard InChI is InChI=1S/C13H18O3/c1-2-9-15-11-10-12(14)16-13(11)7-5-3-4-6-8-13/h2,10H,1,3-9H2. The van der Waals surface area contributed by atoms with E-state index in [0.29, 0.717) is 12.4 Å². The molecule has 2 rings (SSSR count). The van der Waals surface area contributed by atoms with Gasteiger partial charge in [-0.2, -0.15) is 0 Å². The Morgan fingerprint density at radius 1 is 1.38 bits per heavy atom. The molecule has 0 unspecified atom stereocenters. The quantitative estimate of drug-likeness (QED) is 0.544. The Kier molecular flexibility index (Phi) is 3.32. The van der Waals surface area contributed by atoms with Crippen LogP contribution in [0.1, 0.15) is 38.5 Å². The van der Waals surface area contributed by atoms with Gasteiger partial charge in [-0.15, -0.1) is 0 Å². The Morgan fingerprint density at radius 3 is 2.69 bits per heavy atom. The normalized spacial score (nSPS) is 23.5. The average Bonchev–Trinajstić information content (AvgIpc) is 2.45. The highest BCUT2D eigenvalue weighted by Crippen LogP contribution is 2.40. The summed E-state index contributed by atoms with van der Waals surface area (Å²) in [5.41, 5.74) is -0.462. The molecule has 3 nitrogen and oxygen atoms in total. The molecule has 1 aliphatic heterocycles. The zero-order chi connectivity index (χ0) is 11.4. The van der Waals surface area contributed by atoms with E-state index in [-0.39, 0.29) is 5.97 Å². The van der Waals surface area contributed by atoms with Gasteiger partial charge in [-0.3, -0.25) is 0 Å². The first-order chi connectivity index (χ1) is 7.77. The van der Waals surface area contributed by atoms with Gasteiger partial charge in [0.15, 0.2) is 5.60 Å². The molecule has 1 saturated carbocycles. The zero-order valence-electron chi connectivity index (χ0n) is 9.54. The molecule has 3 heteroatoms. The van der Waals surface area contributed by atoms with Crippen molar-refractivity contribution in [1.82, 2.24) is 0 Å². The molecule has 0 aromatic rings. The summed E-state index contributed by atoms with van der Waals surface area (Å²) in [7, 11) is 0. The lowest BCUT2D eigenvalue weighted by atomic mass is 9.93. The predicted molar refractivity (Wildman–Crippen MR) is 60.8 cm³/mol. The largest absolute Gasteiger partial charge is 0.489 e. The van der Waals surface area contributed by atoms with Crippen LogP contribution in [-0.4, -0.2) is 18.2 Å². The molecule has 0 N–H and O–H groups in total. The van der Waals surface area contributed by atoms with Crippen LogP contribution in [0.15, 0.2) is 24.5 Å². The molecule has 0 radical (unpaired) electrons. The summed E-state index contributed by atoms with van der Waals surface area (Å²) in [4.78, 5) is 11.4. The van der Waals surface area contributed by atoms with Gasteiger partial charge < -0.3 is 9.47 Å². The molecule has 1 heterocycles. The summed E-state index contributed by atoms with van der Waals surface area (Å²) in [5, 5.41) is 0. The summed E-state index contributed by atoms with van der Waals surface area (Å²) in [6, 6.07) is 0. The molecule has 1 fully saturated rings. The summed E-state index contributed by atoms with van der Waals surface area (Å²) >= 11 is 0. The van der Waals surface area contributed by atoms with Crippen LogP contribution in [-0.2, 0) is 14.3 Å². The third-order valence-electron chi connectivity index (χ3n) is 3.26. The first kappa shape index (κ1) is 11.2. The third-order valence-corrected chi connectivity index (χ3v) is 3.26. The molecule has 2 aliphatic rings. The number of hydrogen-bond donors (Lipinski definition) is 0. The van der Waals surface area contributed by atoms with Crippen LogP contribution in [0, 0.1) is 0 Å². The van der Waals surface area contributed by atoms with Crippen molar-refractivity contribution in [3.8, 4) is 0 Å². The molecule has 0 amide bonds. The van der Waals surface area contributed by atoms with E-state index in [1.54, 1.807) is 6.08 Å². The summed E-state index contributed by atoms with van der Waals surface area (Å²) in [5.74, 6) is 0.445. The van der Waals surface area contributed by atoms with Crippen LogP contribution in [0.4, 0.5) is 0 Å². The fourth-order valence-electron chi connectivity index (χ4n) is 2.48. The molecule has 1 spiro atoms. The number of ether oxygens (including phenoxy) is 2. The van der Waals surface area contributed by atoms with Crippen molar-refractivity contribution in [2.45, 2.75) is 44.1 Å². The number of hydrogen-bond acceptors (Lipinski definition) is 3. The van der Waals surface area contributed by atoms with Gasteiger partial charge in [-0.1, -0.05) is 25.5 Å². The van der Waals surface area contributed by atoms with Crippen molar-refractivity contribution in [2.24, 2.45) is 0 Å². The maximum absolute atomic E-state index is 11.4. The van der Waals surface area contributed by atoms with E-state index in [1.807, 2.05) is 0 Å². The molecule has 0 aromatic heterocycles. The van der Waals surface area contributed by atoms with Gasteiger partial charge in [0, 0.05) is 0 Å². The average molecular weight is 222 g/mol. The highest BCUT2D eigenvalue weighted by Gasteiger charge is 2.44. The molecular formula is C13H18O3. The minimum absolute atomic E-state index is 0.263. The van der Waals surface area contributed by atoms with E-state index in [0.717, 1.165) is 25.7 Å². The van der Waals surface area contributed by atoms with Crippen LogP contribution in [0.3, 0.4) is 0 Å². The Hall–Kier alpha value is -1.25. The van der Waals surface area contributed by atoms with Gasteiger partial charge in [-0.05, 0) is 25.7 Å². The van der Waals surface area contributed by atoms with Gasteiger partial charge >= 0.3 is 5.97 Å². The monoisotopic (exact) mass is 222 g/mol. The summed E-state index contributed by atoms with van der Waals surface area (Å²) in [6.07, 6.45) is 9.60. The highest BCUT2D eigenvalue weighted by molar-refractivity contribution is 5.86. The van der Waals surface area contributed by atoms with Crippen LogP contribution in [0.5, 0.6) is 0 Å². The first-order valence-corrected chi connectivity index (χ1v) is 5.96. The lowest BCUT2D eigenvalue weighted by molar-refractivity contribution is -0.149. The van der Waals surface area contributed by atoms with E-state index in [2.05, 4.69) is 6.58 Å². The topological polar surface area (TPSA) is 35.5 Å². The van der Waals surface area contributed by atoms with Crippen LogP contribution in [0.2, 0.25) is 0 Å². The second-order valence-electron chi connectivity index (χ2n) is 4.44. The molecule has 0 aromatic carbocycles. The Morgan fingerprint density at radius 2 is 2.06 bits per heavy atom. The number of carbonyl (C=O) groups is 1. The van der Waals surface area contributed by atoms with Crippen molar-refractivity contribution in [3.05, 3.63) is 24.5 Å². The van der Waals surface area contributed by atoms with Gasteiger partial charge in [0.1, 0.15) is 12.4 Å². The van der Waals surface area contributed by atoms with Crippen LogP contribution >= 0.6 is 0 Å². The van der Waals surface area contributed by atoms with Crippen molar-refractivity contribution < 1.29 is 14.3 Å². The maximum atomic E-state index is 11.4. The molecule has 0 bridgehead atoms. The van der Waals surface area contributed by atoms with E-state index in [4.69, 9.17) is 9.47 Å². The third kappa shape index (κ3) is 2.13. The lowest BCUT2D eigenvalue weighted by Crippen LogP contribution is -2.32. The SMILES string of the molecule is C=CCOC1=CC(=O)OC12CCCCCC2. The molecule has 0 saturated heterocycles. The van der Waals surface area contributed by atoms with E-state index < -0.39 is 5.60 Å². The van der Waals surface area contributed by atoms with Gasteiger partial charge in [0.2, 0.25) is 0 Å². The fourth-order valence-corrected chi connectivity index (χ4v) is 2.48. The fraction of sp³-hybridized carbons (Fsp3) is 0.615. The summed E-state index contributed by atoms with van der Waals surface area (Å²) in [6.45, 7) is 4.05. The second kappa shape index (κ2) is 4.73. The second-order valence-corrected chi connectivity index (χ2v) is 4.44. The maximum Gasteiger partial charge on any atom is 0.335 e. The molecular weight excluding hydrogens is 204 g/mol. The minimum Gasteiger partial charge on any atom is -0.489 e. The molecule has 16 heavy (non-hydrogen) atoms. The van der Waals surface area contributed by atoms with E-state index >= 15 is 0 Å². The Bertz CT molecular complexity index is 309. The van der Waals surface area contributed by atoms with E-state index in [1.165, 1.54) is 18.9 Å². The van der Waals surface area contributed by atoms with Crippen molar-refractivity contribution >= 4 is 5.97 Å². The molecule has 0 atom stereocenters. The van der Waals surface area contributed by atoms with E-state index in [9.17, 15) is 4.79 Å². The number of carbonyl (C=O) groups excluding carboxylic acids is 1. The molecule has 88 valence electrons. The lowest BCUT2D eigenvalue weighted by Gasteiger charge is -2.29. The van der Waals surface area contributed by atoms with Gasteiger partial charge in [-0.25, -0.2) is 4.79 Å². The first-order valence-electron chi connectivity index (χ1n) is 5.96. The van der Waals surface area contributed by atoms with Crippen molar-refractivity contribution in [1.29, 1.82) is 0 Å². The highest BCUT2D eigenvalue weighted by atomic mass is 16.6. The Labute approximate surface area is 96.1 Å². The predicted octanol–water partition coefficient (Wildman–Crippen LogP) is 2.72. The zero-order valence-corrected chi connectivity index (χ0v) is 9.54. The van der Waals surface area contributed by atoms with Crippen LogP contribution in [0.25, 0.3) is 0 Å². The Balaban J connectivity index is 2.14. The number of rotatable bonds is 3. The van der Waals surface area contributed by atoms with Crippen molar-refractivity contribution in [3.63, 3.8) is 0 Å². The van der Waals surface area contributed by atoms with Crippen LogP contribution < -0.4 is 0 Å². The minimum atomic E-state index is -0.462. The summed E-state index contributed by atoms with van der Waals surface area (Å²) < 4.78 is 11.1. The van der Waals surface area contributed by atoms with Gasteiger partial charge in [0.25, 0.3) is 0 Å². The smallest absolute Gasteiger partial charge is 0.335 e.